The van der Waals surface area contributed by atoms with Crippen LogP contribution in [-0.2, 0) is 6.18 Å². The summed E-state index contributed by atoms with van der Waals surface area (Å²) in [6.45, 7) is 0. The molecule has 1 aromatic rings. The van der Waals surface area contributed by atoms with Crippen LogP contribution in [0.5, 0.6) is 0 Å². The molecule has 0 aromatic heterocycles. The van der Waals surface area contributed by atoms with Crippen molar-refractivity contribution in [1.82, 2.24) is 5.43 Å². The van der Waals surface area contributed by atoms with E-state index < -0.39 is 23.6 Å². The van der Waals surface area contributed by atoms with Crippen molar-refractivity contribution >= 4 is 0 Å². The molecule has 0 radical (unpaired) electrons. The van der Waals surface area contributed by atoms with Crippen molar-refractivity contribution in [2.75, 3.05) is 0 Å². The zero-order valence-corrected chi connectivity index (χ0v) is 10.1. The summed E-state index contributed by atoms with van der Waals surface area (Å²) in [6.07, 6.45) is 1.93. The van der Waals surface area contributed by atoms with Gasteiger partial charge in [-0.3, -0.25) is 11.3 Å². The van der Waals surface area contributed by atoms with E-state index in [1.807, 2.05) is 0 Å². The molecule has 0 aliphatic heterocycles. The summed E-state index contributed by atoms with van der Waals surface area (Å²) in [4.78, 5) is 0. The molecule has 1 unspecified atom stereocenters. The van der Waals surface area contributed by atoms with Gasteiger partial charge in [-0.1, -0.05) is 0 Å². The zero-order chi connectivity index (χ0) is 14.5. The summed E-state index contributed by atoms with van der Waals surface area (Å²) in [6, 6.07) is 1.57. The lowest BCUT2D eigenvalue weighted by molar-refractivity contribution is -0.137. The van der Waals surface area contributed by atoms with E-state index >= 15 is 0 Å². The van der Waals surface area contributed by atoms with Gasteiger partial charge in [0.1, 0.15) is 5.82 Å². The third-order valence-corrected chi connectivity index (χ3v) is 2.71. The second kappa shape index (κ2) is 6.55. The highest BCUT2D eigenvalue weighted by Crippen LogP contribution is 2.32. The minimum absolute atomic E-state index is 0.102. The lowest BCUT2D eigenvalue weighted by Gasteiger charge is -2.18. The third-order valence-electron chi connectivity index (χ3n) is 2.71. The summed E-state index contributed by atoms with van der Waals surface area (Å²) in [7, 11) is 0. The van der Waals surface area contributed by atoms with Crippen LogP contribution in [0.4, 0.5) is 17.6 Å². The van der Waals surface area contributed by atoms with Gasteiger partial charge in [-0.15, -0.1) is 12.3 Å². The molecule has 0 saturated carbocycles. The third kappa shape index (κ3) is 4.23. The lowest BCUT2D eigenvalue weighted by atomic mass is 9.99. The maximum Gasteiger partial charge on any atom is 0.416 e. The Labute approximate surface area is 109 Å². The Balaban J connectivity index is 2.99. The van der Waals surface area contributed by atoms with E-state index in [1.165, 1.54) is 0 Å². The Hall–Kier alpha value is -1.58. The number of hydrogen-bond donors (Lipinski definition) is 2. The van der Waals surface area contributed by atoms with Crippen LogP contribution in [0, 0.1) is 18.2 Å². The number of alkyl halides is 3. The molecule has 0 heterocycles. The second-order valence-electron chi connectivity index (χ2n) is 4.05. The van der Waals surface area contributed by atoms with Gasteiger partial charge in [0.15, 0.2) is 0 Å². The van der Waals surface area contributed by atoms with E-state index in [1.54, 1.807) is 0 Å². The van der Waals surface area contributed by atoms with Crippen molar-refractivity contribution in [2.24, 2.45) is 5.84 Å². The van der Waals surface area contributed by atoms with Crippen LogP contribution in [-0.4, -0.2) is 0 Å². The molecule has 3 N–H and O–H groups in total. The second-order valence-corrected chi connectivity index (χ2v) is 4.05. The van der Waals surface area contributed by atoms with Crippen molar-refractivity contribution in [3.63, 3.8) is 0 Å². The molecule has 1 aromatic carbocycles. The van der Waals surface area contributed by atoms with E-state index in [-0.39, 0.29) is 5.56 Å². The first-order valence-electron chi connectivity index (χ1n) is 5.66. The van der Waals surface area contributed by atoms with E-state index in [0.29, 0.717) is 25.3 Å². The highest BCUT2D eigenvalue weighted by Gasteiger charge is 2.31. The molecule has 2 nitrogen and oxygen atoms in total. The quantitative estimate of drug-likeness (QED) is 0.284. The molecule has 0 amide bonds. The van der Waals surface area contributed by atoms with Crippen molar-refractivity contribution in [3.8, 4) is 12.3 Å². The van der Waals surface area contributed by atoms with Crippen molar-refractivity contribution in [3.05, 3.63) is 35.1 Å². The largest absolute Gasteiger partial charge is 0.416 e. The Morgan fingerprint density at radius 3 is 2.58 bits per heavy atom. The van der Waals surface area contributed by atoms with Gasteiger partial charge >= 0.3 is 6.18 Å². The minimum atomic E-state index is -4.51. The van der Waals surface area contributed by atoms with Gasteiger partial charge in [-0.2, -0.15) is 13.2 Å². The maximum absolute atomic E-state index is 13.6. The number of hydrazine groups is 1. The molecule has 19 heavy (non-hydrogen) atoms. The van der Waals surface area contributed by atoms with E-state index in [4.69, 9.17) is 12.3 Å². The summed E-state index contributed by atoms with van der Waals surface area (Å²) in [5.41, 5.74) is 1.32. The van der Waals surface area contributed by atoms with Gasteiger partial charge in [0.05, 0.1) is 5.56 Å². The Morgan fingerprint density at radius 1 is 1.37 bits per heavy atom. The molecule has 1 atom stereocenters. The lowest BCUT2D eigenvalue weighted by Crippen LogP contribution is -2.29. The first-order valence-corrected chi connectivity index (χ1v) is 5.66. The number of halogens is 4. The van der Waals surface area contributed by atoms with Crippen molar-refractivity contribution in [2.45, 2.75) is 31.5 Å². The normalized spacial score (nSPS) is 13.1. The molecular formula is C13H14F4N2. The number of benzene rings is 1. The van der Waals surface area contributed by atoms with Crippen LogP contribution in [0.1, 0.15) is 36.4 Å². The molecule has 104 valence electrons. The average Bonchev–Trinajstić information content (AvgIpc) is 2.34. The van der Waals surface area contributed by atoms with Crippen LogP contribution >= 0.6 is 0 Å². The van der Waals surface area contributed by atoms with E-state index in [0.717, 1.165) is 12.1 Å². The fraction of sp³-hybridized carbons (Fsp3) is 0.385. The summed E-state index contributed by atoms with van der Waals surface area (Å²) in [5.74, 6) is 6.95. The van der Waals surface area contributed by atoms with E-state index in [2.05, 4.69) is 11.3 Å². The Kier molecular flexibility index (Phi) is 5.33. The molecule has 1 rings (SSSR count). The van der Waals surface area contributed by atoms with Crippen LogP contribution < -0.4 is 11.3 Å². The molecule has 0 aliphatic rings. The van der Waals surface area contributed by atoms with E-state index in [9.17, 15) is 17.6 Å². The van der Waals surface area contributed by atoms with Crippen LogP contribution in [0.15, 0.2) is 18.2 Å². The Morgan fingerprint density at radius 2 is 2.05 bits per heavy atom. The maximum atomic E-state index is 13.6. The Bertz CT molecular complexity index is 463. The van der Waals surface area contributed by atoms with Gasteiger partial charge in [0, 0.05) is 18.0 Å². The summed E-state index contributed by atoms with van der Waals surface area (Å²) < 4.78 is 51.3. The molecule has 0 saturated heterocycles. The number of terminal acetylenes is 1. The highest BCUT2D eigenvalue weighted by molar-refractivity contribution is 5.29. The van der Waals surface area contributed by atoms with Crippen molar-refractivity contribution < 1.29 is 17.6 Å². The molecule has 0 fully saturated rings. The van der Waals surface area contributed by atoms with Gasteiger partial charge < -0.3 is 0 Å². The topological polar surface area (TPSA) is 38.0 Å². The molecule has 0 spiro atoms. The molecular weight excluding hydrogens is 260 g/mol. The number of hydrogen-bond acceptors (Lipinski definition) is 2. The van der Waals surface area contributed by atoms with Crippen molar-refractivity contribution in [1.29, 1.82) is 0 Å². The first kappa shape index (κ1) is 15.5. The fourth-order valence-corrected chi connectivity index (χ4v) is 1.72. The zero-order valence-electron chi connectivity index (χ0n) is 10.1. The number of nitrogens with one attached hydrogen (secondary N) is 1. The summed E-state index contributed by atoms with van der Waals surface area (Å²) in [5, 5.41) is 0. The SMILES string of the molecule is C#CCCCC(NN)c1cc(C(F)(F)F)ccc1F. The van der Waals surface area contributed by atoms with Gasteiger partial charge in [-0.05, 0) is 31.0 Å². The minimum Gasteiger partial charge on any atom is -0.271 e. The molecule has 0 bridgehead atoms. The van der Waals surface area contributed by atoms with Crippen LogP contribution in [0.25, 0.3) is 0 Å². The van der Waals surface area contributed by atoms with Gasteiger partial charge in [-0.25, -0.2) is 4.39 Å². The highest BCUT2D eigenvalue weighted by atomic mass is 19.4. The van der Waals surface area contributed by atoms with Crippen LogP contribution in [0.3, 0.4) is 0 Å². The van der Waals surface area contributed by atoms with Crippen LogP contribution in [0.2, 0.25) is 0 Å². The number of unbranched alkanes of at least 4 members (excludes halogenated alkanes) is 1. The molecule has 0 aliphatic carbocycles. The predicted octanol–water partition coefficient (Wildman–Crippen LogP) is 3.15. The number of nitrogens with two attached hydrogens (primary N) is 1. The predicted molar refractivity (Wildman–Crippen MR) is 64.2 cm³/mol. The standard InChI is InChI=1S/C13H14F4N2/c1-2-3-4-5-12(19-18)10-8-9(13(15,16)17)6-7-11(10)14/h1,6-8,12,19H,3-5,18H2. The smallest absolute Gasteiger partial charge is 0.271 e. The fourth-order valence-electron chi connectivity index (χ4n) is 1.72. The van der Waals surface area contributed by atoms with Gasteiger partial charge in [0.25, 0.3) is 0 Å². The monoisotopic (exact) mass is 274 g/mol. The first-order chi connectivity index (χ1) is 8.90. The number of rotatable bonds is 5. The molecule has 6 heteroatoms. The van der Waals surface area contributed by atoms with Gasteiger partial charge in [0.2, 0.25) is 0 Å². The summed E-state index contributed by atoms with van der Waals surface area (Å²) >= 11 is 0. The average molecular weight is 274 g/mol.